The van der Waals surface area contributed by atoms with Gasteiger partial charge in [0.25, 0.3) is 0 Å². The molecule has 0 radical (unpaired) electrons. The lowest BCUT2D eigenvalue weighted by Crippen LogP contribution is -2.25. The SMILES string of the molecule is CCSCCNCC1=NCCC=C1. The first kappa shape index (κ1) is 10.8. The third-order valence-corrected chi connectivity index (χ3v) is 2.76. The van der Waals surface area contributed by atoms with Gasteiger partial charge in [0, 0.05) is 31.1 Å². The molecule has 0 aromatic rings. The molecule has 0 saturated heterocycles. The van der Waals surface area contributed by atoms with Crippen molar-refractivity contribution >= 4 is 17.5 Å². The van der Waals surface area contributed by atoms with E-state index < -0.39 is 0 Å². The Balaban J connectivity index is 1.99. The Bertz CT molecular complexity index is 187. The number of nitrogens with zero attached hydrogens (tertiary/aromatic N) is 1. The summed E-state index contributed by atoms with van der Waals surface area (Å²) in [5, 5.41) is 3.39. The first-order valence-corrected chi connectivity index (χ1v) is 6.07. The molecule has 0 bridgehead atoms. The predicted octanol–water partition coefficient (Wildman–Crippen LogP) is 1.73. The molecule has 1 aliphatic heterocycles. The van der Waals surface area contributed by atoms with Gasteiger partial charge in [0.1, 0.15) is 0 Å². The van der Waals surface area contributed by atoms with Crippen molar-refractivity contribution in [2.24, 2.45) is 4.99 Å². The summed E-state index contributed by atoms with van der Waals surface area (Å²) in [6, 6.07) is 0. The van der Waals surface area contributed by atoms with E-state index in [0.29, 0.717) is 0 Å². The van der Waals surface area contributed by atoms with Crippen LogP contribution in [-0.4, -0.2) is 36.9 Å². The van der Waals surface area contributed by atoms with Crippen molar-refractivity contribution in [3.63, 3.8) is 0 Å². The summed E-state index contributed by atoms with van der Waals surface area (Å²) >= 11 is 1.97. The standard InChI is InChI=1S/C10H18N2S/c1-2-13-8-7-11-9-10-5-3-4-6-12-10/h3,5,11H,2,4,6-9H2,1H3. The maximum absolute atomic E-state index is 4.41. The molecule has 0 saturated carbocycles. The van der Waals surface area contributed by atoms with Crippen molar-refractivity contribution in [1.29, 1.82) is 0 Å². The van der Waals surface area contributed by atoms with Crippen LogP contribution in [0, 0.1) is 0 Å². The molecule has 0 aromatic carbocycles. The van der Waals surface area contributed by atoms with Crippen LogP contribution in [0.2, 0.25) is 0 Å². The fourth-order valence-corrected chi connectivity index (χ4v) is 1.75. The first-order chi connectivity index (χ1) is 6.43. The van der Waals surface area contributed by atoms with Crippen LogP contribution < -0.4 is 5.32 Å². The zero-order chi connectivity index (χ0) is 9.36. The van der Waals surface area contributed by atoms with Gasteiger partial charge >= 0.3 is 0 Å². The van der Waals surface area contributed by atoms with E-state index in [1.807, 2.05) is 11.8 Å². The van der Waals surface area contributed by atoms with E-state index >= 15 is 0 Å². The third kappa shape index (κ3) is 5.11. The fraction of sp³-hybridized carbons (Fsp3) is 0.700. The van der Waals surface area contributed by atoms with Crippen LogP contribution in [0.15, 0.2) is 17.1 Å². The lowest BCUT2D eigenvalue weighted by atomic mass is 10.2. The second-order valence-corrected chi connectivity index (χ2v) is 4.33. The van der Waals surface area contributed by atoms with Crippen LogP contribution in [0.3, 0.4) is 0 Å². The second-order valence-electron chi connectivity index (χ2n) is 2.94. The summed E-state index contributed by atoms with van der Waals surface area (Å²) in [6.45, 7) is 5.18. The molecule has 0 unspecified atom stereocenters. The smallest absolute Gasteiger partial charge is 0.0483 e. The minimum absolute atomic E-state index is 0.931. The number of hydrogen-bond donors (Lipinski definition) is 1. The monoisotopic (exact) mass is 198 g/mol. The molecule has 1 rings (SSSR count). The minimum atomic E-state index is 0.931. The molecule has 1 aliphatic rings. The molecule has 3 heteroatoms. The Kier molecular flexibility index (Phi) is 5.94. The van der Waals surface area contributed by atoms with Gasteiger partial charge in [0.15, 0.2) is 0 Å². The minimum Gasteiger partial charge on any atom is -0.310 e. The molecule has 74 valence electrons. The summed E-state index contributed by atoms with van der Waals surface area (Å²) in [5.41, 5.74) is 1.20. The Morgan fingerprint density at radius 3 is 3.23 bits per heavy atom. The summed E-state index contributed by atoms with van der Waals surface area (Å²) in [4.78, 5) is 4.41. The number of dihydropyridines is 1. The van der Waals surface area contributed by atoms with E-state index in [9.17, 15) is 0 Å². The Morgan fingerprint density at radius 2 is 2.54 bits per heavy atom. The number of rotatable bonds is 6. The molecular weight excluding hydrogens is 180 g/mol. The summed E-state index contributed by atoms with van der Waals surface area (Å²) in [5.74, 6) is 2.41. The molecule has 1 heterocycles. The summed E-state index contributed by atoms with van der Waals surface area (Å²) in [7, 11) is 0. The van der Waals surface area contributed by atoms with Gasteiger partial charge in [-0.15, -0.1) is 0 Å². The molecular formula is C10H18N2S. The second kappa shape index (κ2) is 7.15. The Labute approximate surface area is 84.9 Å². The Hall–Kier alpha value is -0.280. The Morgan fingerprint density at radius 1 is 1.62 bits per heavy atom. The van der Waals surface area contributed by atoms with Gasteiger partial charge in [-0.3, -0.25) is 4.99 Å². The predicted molar refractivity (Wildman–Crippen MR) is 61.9 cm³/mol. The van der Waals surface area contributed by atoms with Crippen molar-refractivity contribution in [3.8, 4) is 0 Å². The van der Waals surface area contributed by atoms with E-state index in [1.54, 1.807) is 0 Å². The quantitative estimate of drug-likeness (QED) is 0.657. The number of aliphatic imine (C=N–C) groups is 1. The van der Waals surface area contributed by atoms with Crippen LogP contribution in [-0.2, 0) is 0 Å². The zero-order valence-corrected chi connectivity index (χ0v) is 9.07. The van der Waals surface area contributed by atoms with Crippen LogP contribution in [0.25, 0.3) is 0 Å². The van der Waals surface area contributed by atoms with Crippen molar-refractivity contribution in [2.75, 3.05) is 31.1 Å². The van der Waals surface area contributed by atoms with Crippen LogP contribution in [0.4, 0.5) is 0 Å². The van der Waals surface area contributed by atoms with Gasteiger partial charge in [0.2, 0.25) is 0 Å². The highest BCUT2D eigenvalue weighted by Gasteiger charge is 1.97. The number of hydrogen-bond acceptors (Lipinski definition) is 3. The molecule has 0 aliphatic carbocycles. The highest BCUT2D eigenvalue weighted by atomic mass is 32.2. The van der Waals surface area contributed by atoms with Crippen molar-refractivity contribution in [3.05, 3.63) is 12.2 Å². The van der Waals surface area contributed by atoms with Gasteiger partial charge in [0.05, 0.1) is 0 Å². The van der Waals surface area contributed by atoms with E-state index in [2.05, 4.69) is 29.4 Å². The van der Waals surface area contributed by atoms with Gasteiger partial charge in [-0.1, -0.05) is 13.0 Å². The topological polar surface area (TPSA) is 24.4 Å². The van der Waals surface area contributed by atoms with Gasteiger partial charge in [-0.2, -0.15) is 11.8 Å². The number of thioether (sulfide) groups is 1. The van der Waals surface area contributed by atoms with E-state index in [4.69, 9.17) is 0 Å². The summed E-state index contributed by atoms with van der Waals surface area (Å²) < 4.78 is 0. The average Bonchev–Trinajstić information content (AvgIpc) is 2.19. The molecule has 0 aromatic heterocycles. The average molecular weight is 198 g/mol. The largest absolute Gasteiger partial charge is 0.310 e. The highest BCUT2D eigenvalue weighted by molar-refractivity contribution is 7.99. The molecule has 0 spiro atoms. The van der Waals surface area contributed by atoms with Crippen molar-refractivity contribution < 1.29 is 0 Å². The lowest BCUT2D eigenvalue weighted by Gasteiger charge is -2.07. The van der Waals surface area contributed by atoms with Crippen molar-refractivity contribution in [1.82, 2.24) is 5.32 Å². The van der Waals surface area contributed by atoms with Crippen LogP contribution in [0.5, 0.6) is 0 Å². The molecule has 1 N–H and O–H groups in total. The molecule has 13 heavy (non-hydrogen) atoms. The van der Waals surface area contributed by atoms with Gasteiger partial charge in [-0.25, -0.2) is 0 Å². The maximum atomic E-state index is 4.41. The van der Waals surface area contributed by atoms with Crippen molar-refractivity contribution in [2.45, 2.75) is 13.3 Å². The fourth-order valence-electron chi connectivity index (χ4n) is 1.17. The van der Waals surface area contributed by atoms with Crippen LogP contribution in [0.1, 0.15) is 13.3 Å². The third-order valence-electron chi connectivity index (χ3n) is 1.85. The highest BCUT2D eigenvalue weighted by Crippen LogP contribution is 1.97. The lowest BCUT2D eigenvalue weighted by molar-refractivity contribution is 0.818. The van der Waals surface area contributed by atoms with E-state index in [0.717, 1.165) is 26.1 Å². The number of nitrogens with one attached hydrogen (secondary N) is 1. The van der Waals surface area contributed by atoms with E-state index in [1.165, 1.54) is 17.2 Å². The zero-order valence-electron chi connectivity index (χ0n) is 8.25. The maximum Gasteiger partial charge on any atom is 0.0483 e. The van der Waals surface area contributed by atoms with Gasteiger partial charge < -0.3 is 5.32 Å². The van der Waals surface area contributed by atoms with Crippen LogP contribution >= 0.6 is 11.8 Å². The molecule has 0 fully saturated rings. The normalized spacial score (nSPS) is 15.9. The molecule has 2 nitrogen and oxygen atoms in total. The summed E-state index contributed by atoms with van der Waals surface area (Å²) in [6.07, 6.45) is 5.43. The molecule has 0 atom stereocenters. The first-order valence-electron chi connectivity index (χ1n) is 4.92. The molecule has 0 amide bonds. The van der Waals surface area contributed by atoms with Gasteiger partial charge in [-0.05, 0) is 18.2 Å². The van der Waals surface area contributed by atoms with E-state index in [-0.39, 0.29) is 0 Å².